The van der Waals surface area contributed by atoms with Gasteiger partial charge >= 0.3 is 0 Å². The summed E-state index contributed by atoms with van der Waals surface area (Å²) in [4.78, 5) is 11.8. The second-order valence-corrected chi connectivity index (χ2v) is 7.99. The first-order valence-corrected chi connectivity index (χ1v) is 9.85. The summed E-state index contributed by atoms with van der Waals surface area (Å²) in [6, 6.07) is 12.2. The number of thiocarbonyl (C=S) groups is 1. The molecule has 0 bridgehead atoms. The smallest absolute Gasteiger partial charge is 0.259 e. The minimum absolute atomic E-state index is 0.122. The highest BCUT2D eigenvalue weighted by Crippen LogP contribution is 2.25. The summed E-state index contributed by atoms with van der Waals surface area (Å²) in [7, 11) is 0. The number of hydrazone groups is 1. The fourth-order valence-electron chi connectivity index (χ4n) is 2.92. The number of thioether (sulfide) groups is 1. The van der Waals surface area contributed by atoms with Gasteiger partial charge in [-0.15, -0.1) is 0 Å². The Morgan fingerprint density at radius 1 is 1.30 bits per heavy atom. The van der Waals surface area contributed by atoms with E-state index in [1.54, 1.807) is 12.3 Å². The normalized spacial score (nSPS) is 14.8. The Morgan fingerprint density at radius 3 is 2.85 bits per heavy atom. The van der Waals surface area contributed by atoms with E-state index in [1.165, 1.54) is 28.9 Å². The van der Waals surface area contributed by atoms with Gasteiger partial charge in [0.2, 0.25) is 0 Å². The molecule has 4 nitrogen and oxygen atoms in total. The second kappa shape index (κ2) is 7.42. The topological polar surface area (TPSA) is 37.6 Å². The lowest BCUT2D eigenvalue weighted by Crippen LogP contribution is -2.22. The standard InChI is InChI=1S/C19H13ClFN3OS2/c20-16-7-14(21)6-5-12(16)9-23-10-13(15-3-1-2-4-17(15)23)8-22-24-18(25)11-27-19(24)26/h1-8,10H,9,11H2/b22-8-. The number of carbonyl (C=O) groups excluding carboxylic acids is 1. The van der Waals surface area contributed by atoms with Crippen molar-refractivity contribution in [2.24, 2.45) is 5.10 Å². The van der Waals surface area contributed by atoms with Crippen molar-refractivity contribution in [2.45, 2.75) is 6.54 Å². The number of hydrogen-bond acceptors (Lipinski definition) is 4. The molecule has 1 saturated heterocycles. The minimum atomic E-state index is -0.363. The van der Waals surface area contributed by atoms with E-state index >= 15 is 0 Å². The molecule has 4 rings (SSSR count). The van der Waals surface area contributed by atoms with Gasteiger partial charge in [0.05, 0.1) is 12.0 Å². The number of fused-ring (bicyclic) bond motifs is 1. The summed E-state index contributed by atoms with van der Waals surface area (Å²) < 4.78 is 15.8. The molecule has 0 radical (unpaired) electrons. The van der Waals surface area contributed by atoms with Crippen molar-refractivity contribution in [3.8, 4) is 0 Å². The van der Waals surface area contributed by atoms with E-state index in [-0.39, 0.29) is 11.7 Å². The van der Waals surface area contributed by atoms with Crippen LogP contribution in [0.25, 0.3) is 10.9 Å². The van der Waals surface area contributed by atoms with Crippen molar-refractivity contribution in [3.63, 3.8) is 0 Å². The molecule has 3 aromatic rings. The molecule has 0 spiro atoms. The predicted molar refractivity (Wildman–Crippen MR) is 112 cm³/mol. The van der Waals surface area contributed by atoms with Crippen LogP contribution >= 0.6 is 35.6 Å². The average Bonchev–Trinajstić information content (AvgIpc) is 3.16. The quantitative estimate of drug-likeness (QED) is 0.457. The Kier molecular flexibility index (Phi) is 4.99. The van der Waals surface area contributed by atoms with E-state index in [1.807, 2.05) is 35.0 Å². The van der Waals surface area contributed by atoms with E-state index in [9.17, 15) is 9.18 Å². The van der Waals surface area contributed by atoms with Gasteiger partial charge in [-0.1, -0.05) is 59.8 Å². The number of hydrogen-bond donors (Lipinski definition) is 0. The largest absolute Gasteiger partial charge is 0.342 e. The summed E-state index contributed by atoms with van der Waals surface area (Å²) in [5.74, 6) is -0.165. The van der Waals surface area contributed by atoms with Gasteiger partial charge in [0.1, 0.15) is 5.82 Å². The summed E-state index contributed by atoms with van der Waals surface area (Å²) in [6.07, 6.45) is 3.58. The molecule has 0 N–H and O–H groups in total. The fraction of sp³-hybridized carbons (Fsp3) is 0.105. The van der Waals surface area contributed by atoms with Gasteiger partial charge in [-0.2, -0.15) is 10.1 Å². The lowest BCUT2D eigenvalue weighted by molar-refractivity contribution is -0.123. The summed E-state index contributed by atoms with van der Waals surface area (Å²) in [5.41, 5.74) is 2.66. The van der Waals surface area contributed by atoms with Gasteiger partial charge in [0.15, 0.2) is 4.32 Å². The highest BCUT2D eigenvalue weighted by Gasteiger charge is 2.26. The molecule has 1 aromatic heterocycles. The second-order valence-electron chi connectivity index (χ2n) is 5.97. The summed E-state index contributed by atoms with van der Waals surface area (Å²) in [6.45, 7) is 0.490. The molecule has 136 valence electrons. The van der Waals surface area contributed by atoms with Crippen LogP contribution in [0.1, 0.15) is 11.1 Å². The Balaban J connectivity index is 1.71. The third-order valence-corrected chi connectivity index (χ3v) is 5.91. The Bertz CT molecular complexity index is 1080. The number of nitrogens with zero attached hydrogens (tertiary/aromatic N) is 3. The van der Waals surface area contributed by atoms with Crippen LogP contribution in [0.15, 0.2) is 53.8 Å². The van der Waals surface area contributed by atoms with E-state index in [0.717, 1.165) is 22.0 Å². The van der Waals surface area contributed by atoms with Crippen molar-refractivity contribution in [2.75, 3.05) is 5.75 Å². The van der Waals surface area contributed by atoms with Crippen molar-refractivity contribution >= 4 is 62.9 Å². The highest BCUT2D eigenvalue weighted by molar-refractivity contribution is 8.23. The number of rotatable bonds is 4. The number of aromatic nitrogens is 1. The third kappa shape index (κ3) is 3.63. The molecule has 2 aromatic carbocycles. The maximum absolute atomic E-state index is 13.3. The van der Waals surface area contributed by atoms with Gasteiger partial charge in [0.25, 0.3) is 5.91 Å². The number of halogens is 2. The monoisotopic (exact) mass is 417 g/mol. The zero-order valence-corrected chi connectivity index (χ0v) is 16.3. The Hall–Kier alpha value is -2.22. The molecule has 1 aliphatic heterocycles. The molecule has 1 aliphatic rings. The molecule has 27 heavy (non-hydrogen) atoms. The molecule has 1 fully saturated rings. The maximum atomic E-state index is 13.3. The lowest BCUT2D eigenvalue weighted by Gasteiger charge is -2.07. The molecule has 0 aliphatic carbocycles. The molecule has 8 heteroatoms. The molecule has 1 amide bonds. The van der Waals surface area contributed by atoms with E-state index in [0.29, 0.717) is 21.6 Å². The van der Waals surface area contributed by atoms with Crippen LogP contribution in [0.5, 0.6) is 0 Å². The Labute approximate surface area is 169 Å². The van der Waals surface area contributed by atoms with Crippen LogP contribution in [0.3, 0.4) is 0 Å². The number of amides is 1. The maximum Gasteiger partial charge on any atom is 0.259 e. The first-order valence-electron chi connectivity index (χ1n) is 8.08. The van der Waals surface area contributed by atoms with Gasteiger partial charge in [-0.3, -0.25) is 4.79 Å². The van der Waals surface area contributed by atoms with Crippen LogP contribution in [-0.4, -0.2) is 31.8 Å². The van der Waals surface area contributed by atoms with Gasteiger partial charge in [-0.05, 0) is 23.8 Å². The summed E-state index contributed by atoms with van der Waals surface area (Å²) >= 11 is 12.6. The third-order valence-electron chi connectivity index (χ3n) is 4.22. The van der Waals surface area contributed by atoms with E-state index in [4.69, 9.17) is 23.8 Å². The van der Waals surface area contributed by atoms with Crippen LogP contribution in [0.2, 0.25) is 5.02 Å². The zero-order chi connectivity index (χ0) is 19.0. The molecule has 2 heterocycles. The highest BCUT2D eigenvalue weighted by atomic mass is 35.5. The molecular formula is C19H13ClFN3OS2. The first-order chi connectivity index (χ1) is 13.0. The van der Waals surface area contributed by atoms with E-state index < -0.39 is 0 Å². The van der Waals surface area contributed by atoms with Crippen LogP contribution in [0, 0.1) is 5.82 Å². The van der Waals surface area contributed by atoms with Gasteiger partial charge < -0.3 is 4.57 Å². The van der Waals surface area contributed by atoms with Gasteiger partial charge in [-0.25, -0.2) is 4.39 Å². The van der Waals surface area contributed by atoms with Crippen LogP contribution in [-0.2, 0) is 11.3 Å². The average molecular weight is 418 g/mol. The lowest BCUT2D eigenvalue weighted by atomic mass is 10.2. The number of benzene rings is 2. The van der Waals surface area contributed by atoms with Crippen molar-refractivity contribution in [3.05, 3.63) is 70.6 Å². The van der Waals surface area contributed by atoms with E-state index in [2.05, 4.69) is 5.10 Å². The molecule has 0 saturated carbocycles. The van der Waals surface area contributed by atoms with Crippen LogP contribution < -0.4 is 0 Å². The zero-order valence-electron chi connectivity index (χ0n) is 13.9. The number of para-hydroxylation sites is 1. The summed E-state index contributed by atoms with van der Waals surface area (Å²) in [5, 5.41) is 6.89. The van der Waals surface area contributed by atoms with Crippen LogP contribution in [0.4, 0.5) is 4.39 Å². The molecular weight excluding hydrogens is 405 g/mol. The minimum Gasteiger partial charge on any atom is -0.342 e. The van der Waals surface area contributed by atoms with Crippen molar-refractivity contribution < 1.29 is 9.18 Å². The fourth-order valence-corrected chi connectivity index (χ4v) is 4.11. The molecule has 0 unspecified atom stereocenters. The molecule has 0 atom stereocenters. The predicted octanol–water partition coefficient (Wildman–Crippen LogP) is 4.68. The first kappa shape index (κ1) is 18.2. The SMILES string of the molecule is O=C1CSC(=S)N1/N=C\c1cn(Cc2ccc(F)cc2Cl)c2ccccc12. The Morgan fingerprint density at radius 2 is 2.11 bits per heavy atom. The van der Waals surface area contributed by atoms with Gasteiger partial charge in [0, 0.05) is 34.2 Å². The van der Waals surface area contributed by atoms with Crippen molar-refractivity contribution in [1.82, 2.24) is 9.58 Å². The number of carbonyl (C=O) groups is 1. The van der Waals surface area contributed by atoms with Crippen molar-refractivity contribution in [1.29, 1.82) is 0 Å².